The Bertz CT molecular complexity index is 924. The Morgan fingerprint density at radius 1 is 1.20 bits per heavy atom. The van der Waals surface area contributed by atoms with Crippen molar-refractivity contribution in [1.82, 2.24) is 9.97 Å². The van der Waals surface area contributed by atoms with Crippen LogP contribution in [0.4, 0.5) is 4.39 Å². The lowest BCUT2D eigenvalue weighted by atomic mass is 10.2. The van der Waals surface area contributed by atoms with Gasteiger partial charge < -0.3 is 5.73 Å². The van der Waals surface area contributed by atoms with Crippen molar-refractivity contribution in [3.8, 4) is 0 Å². The maximum atomic E-state index is 13.8. The average molecular weight is 418 g/mol. The van der Waals surface area contributed by atoms with Crippen LogP contribution in [0.25, 0.3) is 0 Å². The fourth-order valence-electron chi connectivity index (χ4n) is 2.00. The summed E-state index contributed by atoms with van der Waals surface area (Å²) in [4.78, 5) is 17.3. The van der Waals surface area contributed by atoms with Gasteiger partial charge in [0.05, 0.1) is 6.54 Å². The van der Waals surface area contributed by atoms with Gasteiger partial charge in [-0.3, -0.25) is 4.99 Å². The lowest BCUT2D eigenvalue weighted by Gasteiger charge is -2.04. The Kier molecular flexibility index (Phi) is 5.62. The molecule has 0 unspecified atom stereocenters. The Hall–Kier alpha value is -2.45. The number of aliphatic imine (C=N–C) groups is 2. The first kappa shape index (κ1) is 17.4. The smallest absolute Gasteiger partial charge is 0.176 e. The molecule has 126 valence electrons. The van der Waals surface area contributed by atoms with E-state index >= 15 is 0 Å². The fraction of sp³-hybridized carbons (Fsp3) is 0.0588. The summed E-state index contributed by atoms with van der Waals surface area (Å²) in [5.41, 5.74) is 7.02. The van der Waals surface area contributed by atoms with Crippen molar-refractivity contribution < 1.29 is 4.39 Å². The van der Waals surface area contributed by atoms with Gasteiger partial charge in [0.25, 0.3) is 0 Å². The first-order chi connectivity index (χ1) is 12.1. The predicted octanol–water partition coefficient (Wildman–Crippen LogP) is 3.79. The summed E-state index contributed by atoms with van der Waals surface area (Å²) in [5.74, 6) is 0.242. The standard InChI is InChI=1S/C17H13BrFN5S/c18-14-7-3-6-13(23-14)16(24-15(20)17-21-8-9-25-17)22-10-11-4-1-2-5-12(11)19/h1-9H,10H2,(H2,20,22,24). The molecule has 0 radical (unpaired) electrons. The van der Waals surface area contributed by atoms with Gasteiger partial charge in [-0.05, 0) is 34.1 Å². The lowest BCUT2D eigenvalue weighted by molar-refractivity contribution is 0.611. The molecule has 3 rings (SSSR count). The highest BCUT2D eigenvalue weighted by Gasteiger charge is 2.09. The molecule has 0 saturated carbocycles. The van der Waals surface area contributed by atoms with Crippen LogP contribution in [0, 0.1) is 5.82 Å². The molecular formula is C17H13BrFN5S. The average Bonchev–Trinajstić information content (AvgIpc) is 3.14. The second-order valence-corrected chi connectivity index (χ2v) is 6.62. The van der Waals surface area contributed by atoms with E-state index < -0.39 is 0 Å². The SMILES string of the molecule is NC(=NC(=NCc1ccccc1F)c1cccc(Br)n1)c1nccs1. The maximum Gasteiger partial charge on any atom is 0.176 e. The van der Waals surface area contributed by atoms with Crippen molar-refractivity contribution in [2.45, 2.75) is 6.54 Å². The molecule has 25 heavy (non-hydrogen) atoms. The van der Waals surface area contributed by atoms with E-state index in [4.69, 9.17) is 5.73 Å². The van der Waals surface area contributed by atoms with Crippen molar-refractivity contribution in [3.63, 3.8) is 0 Å². The van der Waals surface area contributed by atoms with Crippen LogP contribution >= 0.6 is 27.3 Å². The number of hydrogen-bond acceptors (Lipinski definition) is 4. The summed E-state index contributed by atoms with van der Waals surface area (Å²) in [6.45, 7) is 0.130. The van der Waals surface area contributed by atoms with Crippen LogP contribution in [0.1, 0.15) is 16.3 Å². The molecule has 0 amide bonds. The van der Waals surface area contributed by atoms with Crippen LogP contribution in [0.15, 0.2) is 68.6 Å². The molecule has 5 nitrogen and oxygen atoms in total. The molecule has 8 heteroatoms. The number of amidine groups is 2. The number of thiazole rings is 1. The third-order valence-corrected chi connectivity index (χ3v) is 4.42. The zero-order chi connectivity index (χ0) is 17.6. The van der Waals surface area contributed by atoms with Gasteiger partial charge in [-0.25, -0.2) is 19.4 Å². The minimum atomic E-state index is -0.315. The minimum Gasteiger partial charge on any atom is -0.381 e. The number of rotatable bonds is 4. The molecule has 1 aromatic carbocycles. The third kappa shape index (κ3) is 4.55. The first-order valence-corrected chi connectivity index (χ1v) is 8.95. The molecule has 0 aliphatic carbocycles. The highest BCUT2D eigenvalue weighted by atomic mass is 79.9. The highest BCUT2D eigenvalue weighted by Crippen LogP contribution is 2.12. The molecule has 0 spiro atoms. The van der Waals surface area contributed by atoms with Crippen molar-refractivity contribution in [2.24, 2.45) is 15.7 Å². The number of nitrogens with two attached hydrogens (primary N) is 1. The van der Waals surface area contributed by atoms with Gasteiger partial charge in [0.1, 0.15) is 16.1 Å². The van der Waals surface area contributed by atoms with E-state index in [2.05, 4.69) is 35.9 Å². The normalized spacial score (nSPS) is 12.4. The summed E-state index contributed by atoms with van der Waals surface area (Å²) in [6.07, 6.45) is 1.65. The van der Waals surface area contributed by atoms with E-state index in [0.29, 0.717) is 26.7 Å². The molecule has 0 fully saturated rings. The molecule has 0 aliphatic heterocycles. The number of nitrogens with zero attached hydrogens (tertiary/aromatic N) is 4. The van der Waals surface area contributed by atoms with Crippen molar-refractivity contribution in [3.05, 3.63) is 80.7 Å². The largest absolute Gasteiger partial charge is 0.381 e. The maximum absolute atomic E-state index is 13.8. The second kappa shape index (κ2) is 8.09. The Morgan fingerprint density at radius 3 is 2.76 bits per heavy atom. The van der Waals surface area contributed by atoms with Gasteiger partial charge in [-0.15, -0.1) is 11.3 Å². The molecule has 2 N–H and O–H groups in total. The summed E-state index contributed by atoms with van der Waals surface area (Å²) < 4.78 is 14.5. The summed E-state index contributed by atoms with van der Waals surface area (Å²) in [6, 6.07) is 11.9. The van der Waals surface area contributed by atoms with Crippen LogP contribution in [-0.2, 0) is 6.54 Å². The monoisotopic (exact) mass is 417 g/mol. The Labute approximate surface area is 156 Å². The van der Waals surface area contributed by atoms with Gasteiger partial charge in [0.15, 0.2) is 16.7 Å². The summed E-state index contributed by atoms with van der Waals surface area (Å²) >= 11 is 4.70. The lowest BCUT2D eigenvalue weighted by Crippen LogP contribution is -2.16. The fourth-order valence-corrected chi connectivity index (χ4v) is 2.89. The van der Waals surface area contributed by atoms with Crippen LogP contribution in [0.5, 0.6) is 0 Å². The van der Waals surface area contributed by atoms with E-state index in [9.17, 15) is 4.39 Å². The number of halogens is 2. The second-order valence-electron chi connectivity index (χ2n) is 4.91. The van der Waals surface area contributed by atoms with E-state index in [-0.39, 0.29) is 18.2 Å². The minimum absolute atomic E-state index is 0.130. The van der Waals surface area contributed by atoms with Gasteiger partial charge >= 0.3 is 0 Å². The third-order valence-electron chi connectivity index (χ3n) is 3.18. The molecular weight excluding hydrogens is 405 g/mol. The van der Waals surface area contributed by atoms with E-state index in [1.165, 1.54) is 17.4 Å². The number of aromatic nitrogens is 2. The van der Waals surface area contributed by atoms with Crippen LogP contribution in [0.3, 0.4) is 0 Å². The number of benzene rings is 1. The van der Waals surface area contributed by atoms with E-state index in [1.807, 2.05) is 11.4 Å². The van der Waals surface area contributed by atoms with Gasteiger partial charge in [-0.2, -0.15) is 0 Å². The predicted molar refractivity (Wildman–Crippen MR) is 101 cm³/mol. The Balaban J connectivity index is 1.98. The summed E-state index contributed by atoms with van der Waals surface area (Å²) in [5, 5.41) is 2.40. The summed E-state index contributed by atoms with van der Waals surface area (Å²) in [7, 11) is 0. The topological polar surface area (TPSA) is 76.5 Å². The molecule has 0 bridgehead atoms. The first-order valence-electron chi connectivity index (χ1n) is 7.28. The molecule has 0 saturated heterocycles. The molecule has 0 aliphatic rings. The van der Waals surface area contributed by atoms with Crippen molar-refractivity contribution in [1.29, 1.82) is 0 Å². The van der Waals surface area contributed by atoms with Gasteiger partial charge in [0.2, 0.25) is 0 Å². The van der Waals surface area contributed by atoms with Crippen LogP contribution < -0.4 is 5.73 Å². The number of hydrogen-bond donors (Lipinski definition) is 1. The Morgan fingerprint density at radius 2 is 2.04 bits per heavy atom. The molecule has 3 aromatic rings. The van der Waals surface area contributed by atoms with Crippen LogP contribution in [0.2, 0.25) is 0 Å². The molecule has 2 heterocycles. The zero-order valence-electron chi connectivity index (χ0n) is 12.9. The molecule has 2 aromatic heterocycles. The zero-order valence-corrected chi connectivity index (χ0v) is 15.3. The highest BCUT2D eigenvalue weighted by molar-refractivity contribution is 9.10. The van der Waals surface area contributed by atoms with Gasteiger partial charge in [-0.1, -0.05) is 24.3 Å². The quantitative estimate of drug-likeness (QED) is 0.398. The number of pyridine rings is 1. The molecule has 0 atom stereocenters. The van der Waals surface area contributed by atoms with E-state index in [1.54, 1.807) is 36.5 Å². The van der Waals surface area contributed by atoms with Crippen molar-refractivity contribution in [2.75, 3.05) is 0 Å². The van der Waals surface area contributed by atoms with Crippen LogP contribution in [-0.4, -0.2) is 21.6 Å². The van der Waals surface area contributed by atoms with E-state index in [0.717, 1.165) is 0 Å². The van der Waals surface area contributed by atoms with Gasteiger partial charge in [0, 0.05) is 17.1 Å². The van der Waals surface area contributed by atoms with Crippen molar-refractivity contribution >= 4 is 38.9 Å².